The van der Waals surface area contributed by atoms with E-state index in [4.69, 9.17) is 15.2 Å². The van der Waals surface area contributed by atoms with E-state index >= 15 is 0 Å². The van der Waals surface area contributed by atoms with E-state index in [0.29, 0.717) is 17.8 Å². The van der Waals surface area contributed by atoms with Gasteiger partial charge in [-0.1, -0.05) is 0 Å². The Balaban J connectivity index is 2.13. The summed E-state index contributed by atoms with van der Waals surface area (Å²) in [4.78, 5) is 12.4. The minimum absolute atomic E-state index is 0.0178. The highest BCUT2D eigenvalue weighted by Crippen LogP contribution is 2.45. The zero-order chi connectivity index (χ0) is 17.7. The van der Waals surface area contributed by atoms with Gasteiger partial charge in [-0.25, -0.2) is 4.98 Å². The molecule has 4 atom stereocenters. The summed E-state index contributed by atoms with van der Waals surface area (Å²) in [6.45, 7) is 4.64. The van der Waals surface area contributed by atoms with Gasteiger partial charge in [0.15, 0.2) is 17.4 Å². The largest absolute Gasteiger partial charge is 0.476 e. The summed E-state index contributed by atoms with van der Waals surface area (Å²) >= 11 is 0. The summed E-state index contributed by atoms with van der Waals surface area (Å²) in [5.41, 5.74) is 3.36. The number of rotatable bonds is 4. The van der Waals surface area contributed by atoms with Gasteiger partial charge in [0.25, 0.3) is 0 Å². The molecule has 10 nitrogen and oxygen atoms in total. The molecule has 0 bridgehead atoms. The van der Waals surface area contributed by atoms with Crippen molar-refractivity contribution in [3.05, 3.63) is 6.33 Å². The summed E-state index contributed by atoms with van der Waals surface area (Å²) in [6.07, 6.45) is -0.947. The van der Waals surface area contributed by atoms with Crippen molar-refractivity contribution >= 4 is 17.1 Å². The maximum absolute atomic E-state index is 10.7. The van der Waals surface area contributed by atoms with Crippen molar-refractivity contribution in [3.8, 4) is 5.88 Å². The topological polar surface area (TPSA) is 149 Å². The van der Waals surface area contributed by atoms with Gasteiger partial charge < -0.3 is 30.5 Å². The van der Waals surface area contributed by atoms with E-state index in [1.807, 2.05) is 0 Å². The number of fused-ring (bicyclic) bond motifs is 1. The van der Waals surface area contributed by atoms with Crippen molar-refractivity contribution in [2.45, 2.75) is 44.3 Å². The standard InChI is InChI=1S/C14H21N5O5/c1-4-23-9-7-8(17-12(15)18-9)19(6-16-7)11-14(3,22)10(21)13(2,5-20)24-11/h6,10-11,20-22H,4-5H2,1-3H3,(H2,15,17,18)/t10-,11-,13-,14-/m1/s1. The number of ether oxygens (including phenoxy) is 2. The summed E-state index contributed by atoms with van der Waals surface area (Å²) < 4.78 is 12.6. The molecule has 0 unspecified atom stereocenters. The molecule has 10 heteroatoms. The molecular formula is C14H21N5O5. The van der Waals surface area contributed by atoms with E-state index in [-0.39, 0.29) is 11.8 Å². The molecule has 1 aliphatic rings. The first-order chi connectivity index (χ1) is 11.2. The molecule has 132 valence electrons. The predicted molar refractivity (Wildman–Crippen MR) is 83.1 cm³/mol. The van der Waals surface area contributed by atoms with Crippen molar-refractivity contribution in [3.63, 3.8) is 0 Å². The number of hydrogen-bond acceptors (Lipinski definition) is 9. The first kappa shape index (κ1) is 16.8. The van der Waals surface area contributed by atoms with Crippen LogP contribution in [-0.4, -0.2) is 65.4 Å². The number of nitrogens with zero attached hydrogens (tertiary/aromatic N) is 4. The van der Waals surface area contributed by atoms with Gasteiger partial charge in [-0.05, 0) is 20.8 Å². The van der Waals surface area contributed by atoms with Crippen LogP contribution in [0.5, 0.6) is 5.88 Å². The highest BCUT2D eigenvalue weighted by Gasteiger charge is 2.59. The van der Waals surface area contributed by atoms with Gasteiger partial charge in [-0.15, -0.1) is 0 Å². The summed E-state index contributed by atoms with van der Waals surface area (Å²) in [5.74, 6) is 0.206. The van der Waals surface area contributed by atoms with E-state index in [1.165, 1.54) is 24.7 Å². The Labute approximate surface area is 137 Å². The normalized spacial score (nSPS) is 33.2. The van der Waals surface area contributed by atoms with Crippen LogP contribution in [0.3, 0.4) is 0 Å². The molecule has 0 aromatic carbocycles. The molecule has 2 aromatic heterocycles. The molecule has 1 saturated heterocycles. The maximum Gasteiger partial charge on any atom is 0.247 e. The summed E-state index contributed by atoms with van der Waals surface area (Å²) in [7, 11) is 0. The number of aliphatic hydroxyl groups excluding tert-OH is 2. The van der Waals surface area contributed by atoms with E-state index in [9.17, 15) is 15.3 Å². The minimum Gasteiger partial charge on any atom is -0.476 e. The fraction of sp³-hybridized carbons (Fsp3) is 0.643. The number of aromatic nitrogens is 4. The molecule has 1 fully saturated rings. The van der Waals surface area contributed by atoms with Gasteiger partial charge in [0.2, 0.25) is 11.8 Å². The average molecular weight is 339 g/mol. The van der Waals surface area contributed by atoms with Gasteiger partial charge in [-0.3, -0.25) is 4.57 Å². The second-order valence-electron chi connectivity index (χ2n) is 6.21. The number of anilines is 1. The van der Waals surface area contributed by atoms with Crippen LogP contribution in [0, 0.1) is 0 Å². The first-order valence-corrected chi connectivity index (χ1v) is 7.56. The maximum atomic E-state index is 10.7. The lowest BCUT2D eigenvalue weighted by atomic mass is 9.89. The second kappa shape index (κ2) is 5.52. The molecule has 1 aliphatic heterocycles. The van der Waals surface area contributed by atoms with Gasteiger partial charge >= 0.3 is 0 Å². The molecule has 0 saturated carbocycles. The van der Waals surface area contributed by atoms with Gasteiger partial charge in [0, 0.05) is 0 Å². The lowest BCUT2D eigenvalue weighted by Crippen LogP contribution is -2.49. The molecule has 0 radical (unpaired) electrons. The van der Waals surface area contributed by atoms with Crippen LogP contribution >= 0.6 is 0 Å². The van der Waals surface area contributed by atoms with Crippen LogP contribution in [0.2, 0.25) is 0 Å². The Morgan fingerprint density at radius 3 is 2.71 bits per heavy atom. The van der Waals surface area contributed by atoms with Crippen molar-refractivity contribution in [2.75, 3.05) is 18.9 Å². The molecule has 2 aromatic rings. The van der Waals surface area contributed by atoms with E-state index < -0.39 is 30.1 Å². The van der Waals surface area contributed by atoms with Crippen LogP contribution in [0.15, 0.2) is 6.33 Å². The molecule has 3 heterocycles. The van der Waals surface area contributed by atoms with Crippen molar-refractivity contribution < 1.29 is 24.8 Å². The number of imidazole rings is 1. The number of nitrogen functional groups attached to an aromatic ring is 1. The Kier molecular flexibility index (Phi) is 3.87. The molecule has 0 amide bonds. The third-order valence-electron chi connectivity index (χ3n) is 4.27. The van der Waals surface area contributed by atoms with Crippen molar-refractivity contribution in [2.24, 2.45) is 0 Å². The number of nitrogens with two attached hydrogens (primary N) is 1. The highest BCUT2D eigenvalue weighted by molar-refractivity contribution is 5.77. The van der Waals surface area contributed by atoms with Gasteiger partial charge in [0.1, 0.15) is 17.3 Å². The van der Waals surface area contributed by atoms with Crippen LogP contribution in [0.25, 0.3) is 11.2 Å². The number of hydrogen-bond donors (Lipinski definition) is 4. The predicted octanol–water partition coefficient (Wildman–Crippen LogP) is -0.801. The third-order valence-corrected chi connectivity index (χ3v) is 4.27. The highest BCUT2D eigenvalue weighted by atomic mass is 16.6. The quantitative estimate of drug-likeness (QED) is 0.561. The zero-order valence-corrected chi connectivity index (χ0v) is 13.7. The fourth-order valence-electron chi connectivity index (χ4n) is 2.97. The van der Waals surface area contributed by atoms with E-state index in [2.05, 4.69) is 15.0 Å². The van der Waals surface area contributed by atoms with Crippen LogP contribution in [0.4, 0.5) is 5.95 Å². The van der Waals surface area contributed by atoms with E-state index in [1.54, 1.807) is 6.92 Å². The Bertz CT molecular complexity index is 763. The monoisotopic (exact) mass is 339 g/mol. The molecule has 0 aliphatic carbocycles. The zero-order valence-electron chi connectivity index (χ0n) is 13.7. The average Bonchev–Trinajstić information content (AvgIpc) is 3.01. The molecule has 3 rings (SSSR count). The summed E-state index contributed by atoms with van der Waals surface area (Å²) in [6, 6.07) is 0. The Hall–Kier alpha value is -2.01. The molecular weight excluding hydrogens is 318 g/mol. The molecule has 5 N–H and O–H groups in total. The van der Waals surface area contributed by atoms with Crippen molar-refractivity contribution in [1.82, 2.24) is 19.5 Å². The third kappa shape index (κ3) is 2.30. The molecule has 0 spiro atoms. The van der Waals surface area contributed by atoms with Gasteiger partial charge in [0.05, 0.1) is 19.5 Å². The van der Waals surface area contributed by atoms with Crippen LogP contribution in [0.1, 0.15) is 27.0 Å². The smallest absolute Gasteiger partial charge is 0.247 e. The SMILES string of the molecule is CCOc1nc(N)nc2c1ncn2[C@@H]1O[C@](C)(CO)[C@@H](O)[C@@]1(C)O. The lowest BCUT2D eigenvalue weighted by Gasteiger charge is -2.28. The summed E-state index contributed by atoms with van der Waals surface area (Å²) in [5, 5.41) is 30.6. The Morgan fingerprint density at radius 1 is 1.42 bits per heavy atom. The first-order valence-electron chi connectivity index (χ1n) is 7.56. The van der Waals surface area contributed by atoms with Crippen LogP contribution < -0.4 is 10.5 Å². The molecule has 24 heavy (non-hydrogen) atoms. The minimum atomic E-state index is -1.68. The van der Waals surface area contributed by atoms with Crippen LogP contribution in [-0.2, 0) is 4.74 Å². The lowest BCUT2D eigenvalue weighted by molar-refractivity contribution is -0.119. The second-order valence-corrected chi connectivity index (χ2v) is 6.21. The number of aliphatic hydroxyl groups is 3. The van der Waals surface area contributed by atoms with Gasteiger partial charge in [-0.2, -0.15) is 9.97 Å². The fourth-order valence-corrected chi connectivity index (χ4v) is 2.97. The Morgan fingerprint density at radius 2 is 2.12 bits per heavy atom. The van der Waals surface area contributed by atoms with Crippen molar-refractivity contribution in [1.29, 1.82) is 0 Å². The van der Waals surface area contributed by atoms with E-state index in [0.717, 1.165) is 0 Å².